The molecule has 1 atom stereocenters. The summed E-state index contributed by atoms with van der Waals surface area (Å²) in [6.45, 7) is -0.824. The molecule has 0 radical (unpaired) electrons. The quantitative estimate of drug-likeness (QED) is 0.536. The van der Waals surface area contributed by atoms with Gasteiger partial charge in [0.15, 0.2) is 24.0 Å². The van der Waals surface area contributed by atoms with Crippen LogP contribution in [-0.4, -0.2) is 55.3 Å². The summed E-state index contributed by atoms with van der Waals surface area (Å²) < 4.78 is 6.59. The summed E-state index contributed by atoms with van der Waals surface area (Å²) in [5.74, 6) is 0.189. The number of aldehydes is 1. The van der Waals surface area contributed by atoms with Gasteiger partial charge >= 0.3 is 0 Å². The Bertz CT molecular complexity index is 568. The summed E-state index contributed by atoms with van der Waals surface area (Å²) >= 11 is 0. The highest BCUT2D eigenvalue weighted by molar-refractivity contribution is 5.81. The maximum absolute atomic E-state index is 11.1. The van der Waals surface area contributed by atoms with Gasteiger partial charge in [-0.15, -0.1) is 0 Å². The minimum atomic E-state index is -1.07. The van der Waals surface area contributed by atoms with Crippen molar-refractivity contribution in [2.24, 2.45) is 0 Å². The fourth-order valence-corrected chi connectivity index (χ4v) is 1.56. The van der Waals surface area contributed by atoms with Crippen molar-refractivity contribution in [2.75, 3.05) is 18.9 Å². The van der Waals surface area contributed by atoms with Crippen molar-refractivity contribution in [3.05, 3.63) is 12.7 Å². The van der Waals surface area contributed by atoms with Gasteiger partial charge in [-0.25, -0.2) is 15.0 Å². The average molecular weight is 267 g/mol. The van der Waals surface area contributed by atoms with Crippen LogP contribution in [0.25, 0.3) is 11.2 Å². The van der Waals surface area contributed by atoms with Crippen LogP contribution in [0.3, 0.4) is 0 Å². The number of aliphatic hydroxyl groups excluding tert-OH is 2. The molecular weight excluding hydrogens is 254 g/mol. The van der Waals surface area contributed by atoms with Gasteiger partial charge in [0.25, 0.3) is 0 Å². The Morgan fingerprint density at radius 3 is 2.74 bits per heavy atom. The Morgan fingerprint density at radius 2 is 2.11 bits per heavy atom. The number of hydrogen-bond acceptors (Lipinski definition) is 8. The van der Waals surface area contributed by atoms with E-state index >= 15 is 0 Å². The molecule has 0 amide bonds. The van der Waals surface area contributed by atoms with Gasteiger partial charge in [-0.2, -0.15) is 0 Å². The molecule has 1 unspecified atom stereocenters. The largest absolute Gasteiger partial charge is 0.394 e. The first-order chi connectivity index (χ1) is 9.21. The molecule has 9 heteroatoms. The molecule has 0 saturated heterocycles. The number of carbonyl (C=O) groups is 1. The molecule has 0 aromatic carbocycles. The third kappa shape index (κ3) is 2.52. The second kappa shape index (κ2) is 5.69. The van der Waals surface area contributed by atoms with Gasteiger partial charge in [-0.05, 0) is 0 Å². The lowest BCUT2D eigenvalue weighted by molar-refractivity contribution is -0.135. The summed E-state index contributed by atoms with van der Waals surface area (Å²) in [5, 5.41) is 17.9. The smallest absolute Gasteiger partial charge is 0.193 e. The molecular formula is C10H13N5O4. The summed E-state index contributed by atoms with van der Waals surface area (Å²) in [4.78, 5) is 22.8. The number of aliphatic hydroxyl groups is 2. The predicted molar refractivity (Wildman–Crippen MR) is 63.9 cm³/mol. The number of hydrogen-bond donors (Lipinski definition) is 3. The third-order valence-electron chi connectivity index (χ3n) is 2.52. The van der Waals surface area contributed by atoms with Crippen molar-refractivity contribution < 1.29 is 19.7 Å². The molecule has 0 aliphatic heterocycles. The number of aromatic nitrogens is 4. The Kier molecular flexibility index (Phi) is 4.00. The van der Waals surface area contributed by atoms with E-state index in [0.29, 0.717) is 17.5 Å². The second-order valence-corrected chi connectivity index (χ2v) is 3.73. The van der Waals surface area contributed by atoms with Gasteiger partial charge < -0.3 is 20.7 Å². The van der Waals surface area contributed by atoms with Crippen LogP contribution in [-0.2, 0) is 9.53 Å². The first kappa shape index (κ1) is 13.3. The topological polar surface area (TPSA) is 136 Å². The zero-order chi connectivity index (χ0) is 13.8. The summed E-state index contributed by atoms with van der Waals surface area (Å²) in [5.41, 5.74) is 6.31. The van der Waals surface area contributed by atoms with Gasteiger partial charge in [-0.3, -0.25) is 9.36 Å². The highest BCUT2D eigenvalue weighted by atomic mass is 16.5. The minimum Gasteiger partial charge on any atom is -0.394 e. The molecule has 2 aromatic rings. The normalized spacial score (nSPS) is 13.0. The lowest BCUT2D eigenvalue weighted by Crippen LogP contribution is -2.27. The molecule has 2 aromatic heterocycles. The van der Waals surface area contributed by atoms with Crippen molar-refractivity contribution in [3.8, 4) is 0 Å². The third-order valence-corrected chi connectivity index (χ3v) is 2.52. The fourth-order valence-electron chi connectivity index (χ4n) is 1.56. The highest BCUT2D eigenvalue weighted by Gasteiger charge is 2.20. The number of nitrogens with zero attached hydrogens (tertiary/aromatic N) is 4. The van der Waals surface area contributed by atoms with E-state index in [1.165, 1.54) is 17.2 Å². The molecule has 4 N–H and O–H groups in total. The van der Waals surface area contributed by atoms with Crippen LogP contribution in [0.5, 0.6) is 0 Å². The fraction of sp³-hybridized carbons (Fsp3) is 0.400. The van der Waals surface area contributed by atoms with Crippen molar-refractivity contribution in [1.82, 2.24) is 19.5 Å². The minimum absolute atomic E-state index is 0.189. The van der Waals surface area contributed by atoms with E-state index in [-0.39, 0.29) is 5.82 Å². The first-order valence-electron chi connectivity index (χ1n) is 5.46. The zero-order valence-electron chi connectivity index (χ0n) is 9.88. The number of imidazole rings is 1. The van der Waals surface area contributed by atoms with Gasteiger partial charge in [0.05, 0.1) is 19.5 Å². The second-order valence-electron chi connectivity index (χ2n) is 3.73. The number of ether oxygens (including phenoxy) is 1. The number of carbonyl (C=O) groups excluding carboxylic acids is 1. The van der Waals surface area contributed by atoms with E-state index in [4.69, 9.17) is 20.7 Å². The SMILES string of the molecule is Nc1ncnc2c1ncn2C(C=O)OC(CO)CO. The van der Waals surface area contributed by atoms with E-state index in [1.54, 1.807) is 0 Å². The monoisotopic (exact) mass is 267 g/mol. The number of nitrogen functional groups attached to an aromatic ring is 1. The number of rotatable bonds is 6. The molecule has 0 saturated carbocycles. The number of nitrogens with two attached hydrogens (primary N) is 1. The van der Waals surface area contributed by atoms with Crippen molar-refractivity contribution in [2.45, 2.75) is 12.3 Å². The zero-order valence-corrected chi connectivity index (χ0v) is 9.88. The van der Waals surface area contributed by atoms with Crippen LogP contribution in [0.15, 0.2) is 12.7 Å². The van der Waals surface area contributed by atoms with Gasteiger partial charge in [0.2, 0.25) is 0 Å². The summed E-state index contributed by atoms with van der Waals surface area (Å²) in [7, 11) is 0. The Labute approximate surface area is 107 Å². The molecule has 19 heavy (non-hydrogen) atoms. The van der Waals surface area contributed by atoms with E-state index < -0.39 is 25.5 Å². The van der Waals surface area contributed by atoms with Crippen molar-refractivity contribution in [3.63, 3.8) is 0 Å². The number of anilines is 1. The van der Waals surface area contributed by atoms with Gasteiger partial charge in [-0.1, -0.05) is 0 Å². The standard InChI is InChI=1S/C10H13N5O4/c11-9-8-10(13-4-12-9)15(5-14-8)7(3-18)19-6(1-16)2-17/h3-7,16-17H,1-2H2,(H2,11,12,13). The first-order valence-corrected chi connectivity index (χ1v) is 5.46. The summed E-state index contributed by atoms with van der Waals surface area (Å²) in [6, 6.07) is 0. The molecule has 9 nitrogen and oxygen atoms in total. The van der Waals surface area contributed by atoms with Crippen LogP contribution in [0.1, 0.15) is 6.23 Å². The van der Waals surface area contributed by atoms with Crippen LogP contribution in [0.2, 0.25) is 0 Å². The molecule has 0 aliphatic rings. The van der Waals surface area contributed by atoms with E-state index in [0.717, 1.165) is 0 Å². The molecule has 0 aliphatic carbocycles. The molecule has 0 bridgehead atoms. The molecule has 2 rings (SSSR count). The van der Waals surface area contributed by atoms with Crippen LogP contribution >= 0.6 is 0 Å². The van der Waals surface area contributed by atoms with E-state index in [1.807, 2.05) is 0 Å². The van der Waals surface area contributed by atoms with Crippen LogP contribution in [0.4, 0.5) is 5.82 Å². The van der Waals surface area contributed by atoms with E-state index in [2.05, 4.69) is 15.0 Å². The average Bonchev–Trinajstić information content (AvgIpc) is 2.86. The van der Waals surface area contributed by atoms with Gasteiger partial charge in [0, 0.05) is 0 Å². The molecule has 2 heterocycles. The van der Waals surface area contributed by atoms with Crippen LogP contribution < -0.4 is 5.73 Å². The van der Waals surface area contributed by atoms with Crippen molar-refractivity contribution in [1.29, 1.82) is 0 Å². The molecule has 0 fully saturated rings. The van der Waals surface area contributed by atoms with Crippen LogP contribution in [0, 0.1) is 0 Å². The lowest BCUT2D eigenvalue weighted by atomic mass is 10.4. The lowest BCUT2D eigenvalue weighted by Gasteiger charge is -2.19. The number of fused-ring (bicyclic) bond motifs is 1. The van der Waals surface area contributed by atoms with Gasteiger partial charge in [0.1, 0.15) is 17.9 Å². The van der Waals surface area contributed by atoms with E-state index in [9.17, 15) is 4.79 Å². The Balaban J connectivity index is 2.36. The predicted octanol–water partition coefficient (Wildman–Crippen LogP) is -1.52. The van der Waals surface area contributed by atoms with Crippen molar-refractivity contribution >= 4 is 23.3 Å². The maximum Gasteiger partial charge on any atom is 0.193 e. The molecule has 102 valence electrons. The molecule has 0 spiro atoms. The summed E-state index contributed by atoms with van der Waals surface area (Å²) in [6.07, 6.45) is 1.15. The maximum atomic E-state index is 11.1. The Hall–Kier alpha value is -2.10. The Morgan fingerprint density at radius 1 is 1.37 bits per heavy atom. The highest BCUT2D eigenvalue weighted by Crippen LogP contribution is 2.19.